The van der Waals surface area contributed by atoms with Gasteiger partial charge < -0.3 is 60.5 Å². The summed E-state index contributed by atoms with van der Waals surface area (Å²) in [7, 11) is 0. The third-order valence-corrected chi connectivity index (χ3v) is 1.10. The van der Waals surface area contributed by atoms with Gasteiger partial charge in [-0.3, -0.25) is 0 Å². The standard InChI is InChI=1S/C4H8N2S4.Mn.Zn/c7-3(8)5-1-2-6-4(9)10;;/h1-2H2,(H2,5,7,8)(H2,6,9,10);;/q;2*+2/p-4. The summed E-state index contributed by atoms with van der Waals surface area (Å²) in [5, 5.41) is 0. The van der Waals surface area contributed by atoms with Gasteiger partial charge in [0.25, 0.3) is 0 Å². The van der Waals surface area contributed by atoms with Gasteiger partial charge in [-0.2, -0.15) is 0 Å². The average molecular weight is 329 g/mol. The van der Waals surface area contributed by atoms with Crippen LogP contribution in [0.1, 0.15) is 0 Å². The van der Waals surface area contributed by atoms with Gasteiger partial charge in [-0.25, -0.2) is 8.75 Å². The molecular weight excluding hydrogens is 325 g/mol. The van der Waals surface area contributed by atoms with E-state index in [2.05, 4.69) is 60.5 Å². The van der Waals surface area contributed by atoms with Gasteiger partial charge in [0.1, 0.15) is 0 Å². The van der Waals surface area contributed by atoms with Gasteiger partial charge in [0.2, 0.25) is 0 Å². The molecule has 0 aliphatic carbocycles. The van der Waals surface area contributed by atoms with Gasteiger partial charge in [0, 0.05) is 0 Å². The van der Waals surface area contributed by atoms with Crippen molar-refractivity contribution < 1.29 is 36.5 Å². The first-order valence-electron chi connectivity index (χ1n) is 2.40. The quantitative estimate of drug-likeness (QED) is 0.237. The van der Waals surface area contributed by atoms with E-state index in [9.17, 15) is 0 Å². The van der Waals surface area contributed by atoms with Crippen LogP contribution in [0, 0.1) is 0 Å². The molecule has 0 aromatic heterocycles. The molecule has 1 radical (unpaired) electrons. The Balaban J connectivity index is -0.000000405. The Kier molecular flexibility index (Phi) is 19.6. The van der Waals surface area contributed by atoms with Crippen LogP contribution in [0.2, 0.25) is 0 Å². The minimum atomic E-state index is 0. The van der Waals surface area contributed by atoms with Crippen molar-refractivity contribution in [1.29, 1.82) is 0 Å². The van der Waals surface area contributed by atoms with Crippen molar-refractivity contribution in [3.05, 3.63) is 0 Å². The maximum atomic E-state index is 4.52. The molecule has 0 amide bonds. The summed E-state index contributed by atoms with van der Waals surface area (Å²) in [5.74, 6) is 0. The first-order valence-corrected chi connectivity index (χ1v) is 4.03. The average Bonchev–Trinajstić information content (AvgIpc) is 1.79. The van der Waals surface area contributed by atoms with Gasteiger partial charge in [-0.1, -0.05) is 0 Å². The second kappa shape index (κ2) is 12.4. The molecule has 0 fully saturated rings. The zero-order valence-electron chi connectivity index (χ0n) is 6.03. The van der Waals surface area contributed by atoms with Crippen molar-refractivity contribution in [2.75, 3.05) is 13.1 Å². The number of hydrogen-bond donors (Lipinski definition) is 0. The number of hydrogen-bond acceptors (Lipinski definition) is 6. The van der Waals surface area contributed by atoms with Crippen molar-refractivity contribution >= 4 is 59.3 Å². The molecule has 0 aliphatic rings. The van der Waals surface area contributed by atoms with E-state index in [-0.39, 0.29) is 45.3 Å². The van der Waals surface area contributed by atoms with Gasteiger partial charge in [0.05, 0.1) is 13.1 Å². The van der Waals surface area contributed by atoms with E-state index >= 15 is 0 Å². The van der Waals surface area contributed by atoms with E-state index in [0.717, 1.165) is 0 Å². The number of rotatable bonds is 3. The van der Waals surface area contributed by atoms with Crippen molar-refractivity contribution in [3.63, 3.8) is 0 Å². The Hall–Kier alpha value is 1.36. The Morgan fingerprint density at radius 3 is 1.25 bits per heavy atom. The third kappa shape index (κ3) is 17.4. The zero-order chi connectivity index (χ0) is 7.98. The number of nitrogens with zero attached hydrogens (tertiary/aromatic N) is 2. The maximum Gasteiger partial charge on any atom is 2.00 e. The summed E-state index contributed by atoms with van der Waals surface area (Å²) in [5.41, 5.74) is 0. The Bertz CT molecular complexity index is 137. The summed E-state index contributed by atoms with van der Waals surface area (Å²) in [4.78, 5) is 7.49. The smallest absolute Gasteiger partial charge is 0.789 e. The fraction of sp³-hybridized carbons (Fsp3) is 0.500. The molecule has 0 aliphatic heterocycles. The Morgan fingerprint density at radius 1 is 0.833 bits per heavy atom. The van der Waals surface area contributed by atoms with Crippen LogP contribution in [0.3, 0.4) is 0 Å². The molecule has 0 aromatic carbocycles. The minimum absolute atomic E-state index is 0. The molecule has 0 saturated carbocycles. The van der Waals surface area contributed by atoms with E-state index in [1.165, 1.54) is 0 Å². The van der Waals surface area contributed by atoms with E-state index in [0.29, 0.717) is 13.1 Å². The van der Waals surface area contributed by atoms with Gasteiger partial charge >= 0.3 is 36.5 Å². The second-order valence-corrected chi connectivity index (χ2v) is 3.36. The zero-order valence-corrected chi connectivity index (χ0v) is 13.4. The summed E-state index contributed by atoms with van der Waals surface area (Å²) in [6.45, 7) is 0.970. The summed E-state index contributed by atoms with van der Waals surface area (Å²) in [6.07, 6.45) is 0. The van der Waals surface area contributed by atoms with Gasteiger partial charge in [-0.05, 0) is 0 Å². The summed E-state index contributed by atoms with van der Waals surface area (Å²) < 4.78 is 0.455. The summed E-state index contributed by atoms with van der Waals surface area (Å²) in [6, 6.07) is 0. The van der Waals surface area contributed by atoms with Crippen LogP contribution < -0.4 is 0 Å². The van der Waals surface area contributed by atoms with Crippen molar-refractivity contribution in [3.8, 4) is 0 Å². The molecule has 63 valence electrons. The van der Waals surface area contributed by atoms with Crippen LogP contribution in [-0.4, -0.2) is 21.8 Å². The topological polar surface area (TPSA) is 24.7 Å². The van der Waals surface area contributed by atoms with E-state index in [1.807, 2.05) is 0 Å². The summed E-state index contributed by atoms with van der Waals surface area (Å²) >= 11 is 18.1. The molecule has 0 bridgehead atoms. The molecule has 2 nitrogen and oxygen atoms in total. The molecule has 12 heavy (non-hydrogen) atoms. The first kappa shape index (κ1) is 19.0. The molecule has 0 N–H and O–H groups in total. The fourth-order valence-corrected chi connectivity index (χ4v) is 0.648. The molecule has 0 unspecified atom stereocenters. The normalized spacial score (nSPS) is 7.00. The monoisotopic (exact) mass is 327 g/mol. The molecule has 8 heteroatoms. The van der Waals surface area contributed by atoms with Gasteiger partial charge in [0.15, 0.2) is 0 Å². The molecule has 0 atom stereocenters. The van der Waals surface area contributed by atoms with Crippen LogP contribution in [-0.2, 0) is 87.1 Å². The Labute approximate surface area is 118 Å². The second-order valence-electron chi connectivity index (χ2n) is 1.30. The largest absolute Gasteiger partial charge is 2.00 e. The fourth-order valence-electron chi connectivity index (χ4n) is 0.283. The van der Waals surface area contributed by atoms with Crippen molar-refractivity contribution in [2.45, 2.75) is 0 Å². The van der Waals surface area contributed by atoms with Crippen LogP contribution in [0.25, 0.3) is 0 Å². The Morgan fingerprint density at radius 2 is 1.08 bits per heavy atom. The SMILES string of the molecule is [Mn+2].[S-]C([S-])=NCCN=C([S-])[S-].[Zn+2]. The first-order chi connectivity index (χ1) is 4.63. The maximum absolute atomic E-state index is 4.52. The molecular formula is C4H4MnN2S4Zn. The van der Waals surface area contributed by atoms with E-state index in [1.54, 1.807) is 0 Å². The van der Waals surface area contributed by atoms with Crippen molar-refractivity contribution in [2.24, 2.45) is 9.98 Å². The molecule has 0 aromatic rings. The van der Waals surface area contributed by atoms with E-state index in [4.69, 9.17) is 0 Å². The molecule has 0 spiro atoms. The van der Waals surface area contributed by atoms with Gasteiger partial charge in [-0.15, -0.1) is 0 Å². The predicted molar refractivity (Wildman–Crippen MR) is 54.1 cm³/mol. The van der Waals surface area contributed by atoms with Crippen LogP contribution >= 0.6 is 0 Å². The third-order valence-electron chi connectivity index (χ3n) is 0.582. The minimum Gasteiger partial charge on any atom is -0.789 e. The van der Waals surface area contributed by atoms with Crippen molar-refractivity contribution in [1.82, 2.24) is 0 Å². The van der Waals surface area contributed by atoms with Crippen LogP contribution in [0.5, 0.6) is 0 Å². The van der Waals surface area contributed by atoms with Crippen LogP contribution in [0.4, 0.5) is 0 Å². The predicted octanol–water partition coefficient (Wildman–Crippen LogP) is -0.119. The molecule has 0 heterocycles. The van der Waals surface area contributed by atoms with Crippen LogP contribution in [0.15, 0.2) is 9.98 Å². The molecule has 0 saturated heterocycles. The molecule has 0 rings (SSSR count). The number of aliphatic imine (C=N–C) groups is 2. The van der Waals surface area contributed by atoms with E-state index < -0.39 is 0 Å².